The van der Waals surface area contributed by atoms with Gasteiger partial charge in [-0.25, -0.2) is 9.78 Å². The number of aromatic nitrogens is 3. The third-order valence-electron chi connectivity index (χ3n) is 4.89. The predicted molar refractivity (Wildman–Crippen MR) is 104 cm³/mol. The van der Waals surface area contributed by atoms with E-state index in [4.69, 9.17) is 0 Å². The summed E-state index contributed by atoms with van der Waals surface area (Å²) in [7, 11) is 0. The Kier molecular flexibility index (Phi) is 4.82. The van der Waals surface area contributed by atoms with E-state index in [1.165, 1.54) is 0 Å². The van der Waals surface area contributed by atoms with Crippen LogP contribution in [0.5, 0.6) is 0 Å². The van der Waals surface area contributed by atoms with E-state index in [9.17, 15) is 9.59 Å². The van der Waals surface area contributed by atoms with Gasteiger partial charge in [-0.05, 0) is 30.5 Å². The van der Waals surface area contributed by atoms with Gasteiger partial charge in [0.05, 0.1) is 11.8 Å². The zero-order chi connectivity index (χ0) is 18.6. The number of pyridine rings is 1. The van der Waals surface area contributed by atoms with E-state index in [1.807, 2.05) is 47.4 Å². The average Bonchev–Trinajstić information content (AvgIpc) is 2.69. The zero-order valence-electron chi connectivity index (χ0n) is 14.9. The third-order valence-corrected chi connectivity index (χ3v) is 4.89. The van der Waals surface area contributed by atoms with E-state index in [1.54, 1.807) is 6.20 Å². The fourth-order valence-corrected chi connectivity index (χ4v) is 3.45. The Morgan fingerprint density at radius 3 is 2.70 bits per heavy atom. The van der Waals surface area contributed by atoms with E-state index in [-0.39, 0.29) is 11.9 Å². The molecular weight excluding hydrogens is 342 g/mol. The molecule has 0 unspecified atom stereocenters. The summed E-state index contributed by atoms with van der Waals surface area (Å²) < 4.78 is 0. The Labute approximate surface area is 156 Å². The van der Waals surface area contributed by atoms with Crippen LogP contribution in [0.25, 0.3) is 11.0 Å². The summed E-state index contributed by atoms with van der Waals surface area (Å²) in [4.78, 5) is 37.1. The minimum atomic E-state index is -0.417. The molecule has 2 N–H and O–H groups in total. The van der Waals surface area contributed by atoms with Gasteiger partial charge in [-0.1, -0.05) is 30.3 Å². The largest absolute Gasteiger partial charge is 0.366 e. The van der Waals surface area contributed by atoms with Gasteiger partial charge < -0.3 is 10.2 Å². The van der Waals surface area contributed by atoms with Gasteiger partial charge in [0.2, 0.25) is 5.91 Å². The number of nitrogens with one attached hydrogen (secondary N) is 2. The van der Waals surface area contributed by atoms with Gasteiger partial charge in [-0.15, -0.1) is 0 Å². The van der Waals surface area contributed by atoms with Gasteiger partial charge in [0.1, 0.15) is 11.5 Å². The summed E-state index contributed by atoms with van der Waals surface area (Å²) >= 11 is 0. The van der Waals surface area contributed by atoms with Crippen LogP contribution >= 0.6 is 0 Å². The smallest absolute Gasteiger partial charge is 0.348 e. The fourth-order valence-electron chi connectivity index (χ4n) is 3.45. The summed E-state index contributed by atoms with van der Waals surface area (Å²) in [6.07, 6.45) is 3.71. The van der Waals surface area contributed by atoms with Crippen LogP contribution in [0.15, 0.2) is 53.5 Å². The minimum absolute atomic E-state index is 0.156. The molecule has 0 atom stereocenters. The van der Waals surface area contributed by atoms with Crippen molar-refractivity contribution < 1.29 is 4.79 Å². The number of H-pyrrole nitrogens is 1. The lowest BCUT2D eigenvalue weighted by Crippen LogP contribution is -2.43. The van der Waals surface area contributed by atoms with E-state index in [2.05, 4.69) is 20.3 Å². The quantitative estimate of drug-likeness (QED) is 0.739. The topological polar surface area (TPSA) is 91.0 Å². The Morgan fingerprint density at radius 1 is 1.15 bits per heavy atom. The Bertz CT molecular complexity index is 994. The summed E-state index contributed by atoms with van der Waals surface area (Å²) in [6.45, 7) is 1.39. The SMILES string of the molecule is O=C(Cc1ccccc1)N1CCC(Nc2nc(=O)[nH]c3ncccc23)CC1. The highest BCUT2D eigenvalue weighted by Gasteiger charge is 2.23. The maximum absolute atomic E-state index is 12.5. The molecule has 1 saturated heterocycles. The number of hydrogen-bond donors (Lipinski definition) is 2. The first-order valence-electron chi connectivity index (χ1n) is 9.12. The van der Waals surface area contributed by atoms with Crippen molar-refractivity contribution in [3.63, 3.8) is 0 Å². The van der Waals surface area contributed by atoms with Gasteiger partial charge in [-0.2, -0.15) is 4.98 Å². The predicted octanol–water partition coefficient (Wildman–Crippen LogP) is 1.96. The highest BCUT2D eigenvalue weighted by atomic mass is 16.2. The van der Waals surface area contributed by atoms with Crippen LogP contribution in [0, 0.1) is 0 Å². The van der Waals surface area contributed by atoms with Gasteiger partial charge in [-0.3, -0.25) is 9.78 Å². The Morgan fingerprint density at radius 2 is 1.93 bits per heavy atom. The van der Waals surface area contributed by atoms with Crippen molar-refractivity contribution in [3.05, 3.63) is 64.7 Å². The molecule has 0 radical (unpaired) electrons. The van der Waals surface area contributed by atoms with Gasteiger partial charge in [0.25, 0.3) is 0 Å². The highest BCUT2D eigenvalue weighted by Crippen LogP contribution is 2.20. The minimum Gasteiger partial charge on any atom is -0.366 e. The maximum atomic E-state index is 12.5. The average molecular weight is 363 g/mol. The molecule has 1 fully saturated rings. The normalized spacial score (nSPS) is 15.0. The van der Waals surface area contributed by atoms with Gasteiger partial charge in [0, 0.05) is 25.3 Å². The van der Waals surface area contributed by atoms with Gasteiger partial charge >= 0.3 is 5.69 Å². The molecule has 1 aliphatic heterocycles. The van der Waals surface area contributed by atoms with Gasteiger partial charge in [0.15, 0.2) is 0 Å². The second-order valence-electron chi connectivity index (χ2n) is 6.75. The first-order valence-corrected chi connectivity index (χ1v) is 9.12. The molecule has 138 valence electrons. The Balaban J connectivity index is 1.39. The standard InChI is InChI=1S/C20H21N5O2/c26-17(13-14-5-2-1-3-6-14)25-11-8-15(9-12-25)22-19-16-7-4-10-21-18(16)23-20(27)24-19/h1-7,10,15H,8-9,11-13H2,(H2,21,22,23,24,27). The number of fused-ring (bicyclic) bond motifs is 1. The fraction of sp³-hybridized carbons (Fsp3) is 0.300. The van der Waals surface area contributed by atoms with Crippen molar-refractivity contribution in [3.8, 4) is 0 Å². The number of benzene rings is 1. The number of likely N-dealkylation sites (tertiary alicyclic amines) is 1. The van der Waals surface area contributed by atoms with Crippen LogP contribution in [-0.2, 0) is 11.2 Å². The molecule has 0 saturated carbocycles. The molecule has 27 heavy (non-hydrogen) atoms. The summed E-state index contributed by atoms with van der Waals surface area (Å²) in [5.74, 6) is 0.708. The summed E-state index contributed by atoms with van der Waals surface area (Å²) in [6, 6.07) is 13.7. The van der Waals surface area contributed by atoms with Crippen molar-refractivity contribution >= 4 is 22.8 Å². The number of rotatable bonds is 4. The van der Waals surface area contributed by atoms with Crippen molar-refractivity contribution in [1.82, 2.24) is 19.9 Å². The molecule has 1 aliphatic rings. The molecule has 7 heteroatoms. The van der Waals surface area contributed by atoms with Crippen molar-refractivity contribution in [2.45, 2.75) is 25.3 Å². The van der Waals surface area contributed by atoms with Crippen LogP contribution in [-0.4, -0.2) is 44.9 Å². The lowest BCUT2D eigenvalue weighted by Gasteiger charge is -2.32. The van der Waals surface area contributed by atoms with E-state index < -0.39 is 5.69 Å². The van der Waals surface area contributed by atoms with E-state index >= 15 is 0 Å². The maximum Gasteiger partial charge on any atom is 0.348 e. The molecule has 0 aliphatic carbocycles. The Hall–Kier alpha value is -3.22. The number of piperidine rings is 1. The van der Waals surface area contributed by atoms with Crippen molar-refractivity contribution in [2.24, 2.45) is 0 Å². The van der Waals surface area contributed by atoms with E-state index in [0.717, 1.165) is 23.8 Å². The molecule has 0 bridgehead atoms. The third kappa shape index (κ3) is 3.97. The second-order valence-corrected chi connectivity index (χ2v) is 6.75. The lowest BCUT2D eigenvalue weighted by atomic mass is 10.0. The number of carbonyl (C=O) groups is 1. The van der Waals surface area contributed by atoms with Crippen LogP contribution in [0.4, 0.5) is 5.82 Å². The molecule has 3 heterocycles. The summed E-state index contributed by atoms with van der Waals surface area (Å²) in [5, 5.41) is 4.16. The number of anilines is 1. The van der Waals surface area contributed by atoms with E-state index in [0.29, 0.717) is 31.0 Å². The molecule has 2 aromatic heterocycles. The second kappa shape index (κ2) is 7.57. The monoisotopic (exact) mass is 363 g/mol. The number of hydrogen-bond acceptors (Lipinski definition) is 5. The molecular formula is C20H21N5O2. The zero-order valence-corrected chi connectivity index (χ0v) is 14.9. The van der Waals surface area contributed by atoms with Crippen molar-refractivity contribution in [2.75, 3.05) is 18.4 Å². The number of carbonyl (C=O) groups excluding carboxylic acids is 1. The molecule has 1 aromatic carbocycles. The van der Waals surface area contributed by atoms with Crippen LogP contribution in [0.1, 0.15) is 18.4 Å². The van der Waals surface area contributed by atoms with Crippen LogP contribution in [0.2, 0.25) is 0 Å². The molecule has 7 nitrogen and oxygen atoms in total. The first-order chi connectivity index (χ1) is 13.2. The molecule has 1 amide bonds. The summed E-state index contributed by atoms with van der Waals surface area (Å²) in [5.41, 5.74) is 1.14. The number of aromatic amines is 1. The van der Waals surface area contributed by atoms with Crippen LogP contribution < -0.4 is 11.0 Å². The molecule has 3 aromatic rings. The molecule has 0 spiro atoms. The number of nitrogens with zero attached hydrogens (tertiary/aromatic N) is 3. The number of amides is 1. The highest BCUT2D eigenvalue weighted by molar-refractivity contribution is 5.86. The first kappa shape index (κ1) is 17.2. The molecule has 4 rings (SSSR count). The van der Waals surface area contributed by atoms with Crippen LogP contribution in [0.3, 0.4) is 0 Å². The van der Waals surface area contributed by atoms with Crippen molar-refractivity contribution in [1.29, 1.82) is 0 Å². The lowest BCUT2D eigenvalue weighted by molar-refractivity contribution is -0.131.